The quantitative estimate of drug-likeness (QED) is 0.575. The van der Waals surface area contributed by atoms with Crippen LogP contribution in [0.1, 0.15) is 62.5 Å². The standard InChI is InChI=1S/C24H36N2O2/c1-25-14-6-8-19-7-5-9-21(17-19)24(12-3-2-4-13-24)23(27)28-22-18-26-15-10-20(22)11-16-26/h5,7,9,17,20,22,25H,2-4,6,8,10-16,18H2,1H3. The van der Waals surface area contributed by atoms with Gasteiger partial charge in [0.25, 0.3) is 0 Å². The molecule has 4 heteroatoms. The largest absolute Gasteiger partial charge is 0.460 e. The molecule has 0 aromatic heterocycles. The van der Waals surface area contributed by atoms with Crippen molar-refractivity contribution in [2.75, 3.05) is 33.2 Å². The molecule has 0 amide bonds. The summed E-state index contributed by atoms with van der Waals surface area (Å²) >= 11 is 0. The zero-order valence-corrected chi connectivity index (χ0v) is 17.4. The fourth-order valence-corrected chi connectivity index (χ4v) is 5.55. The van der Waals surface area contributed by atoms with Crippen molar-refractivity contribution in [3.8, 4) is 0 Å². The second-order valence-electron chi connectivity index (χ2n) is 9.13. The second-order valence-corrected chi connectivity index (χ2v) is 9.13. The Labute approximate surface area is 170 Å². The molecule has 3 saturated heterocycles. The number of rotatable bonds is 7. The van der Waals surface area contributed by atoms with Crippen LogP contribution in [0.4, 0.5) is 0 Å². The average molecular weight is 385 g/mol. The van der Waals surface area contributed by atoms with Crippen molar-refractivity contribution >= 4 is 5.97 Å². The van der Waals surface area contributed by atoms with Crippen LogP contribution in [0.15, 0.2) is 24.3 Å². The highest BCUT2D eigenvalue weighted by Gasteiger charge is 2.45. The van der Waals surface area contributed by atoms with Crippen molar-refractivity contribution in [3.63, 3.8) is 0 Å². The van der Waals surface area contributed by atoms with E-state index in [9.17, 15) is 4.79 Å². The van der Waals surface area contributed by atoms with Gasteiger partial charge in [0.1, 0.15) is 6.10 Å². The Morgan fingerprint density at radius 3 is 2.68 bits per heavy atom. The number of fused-ring (bicyclic) bond motifs is 3. The summed E-state index contributed by atoms with van der Waals surface area (Å²) in [6.45, 7) is 4.32. The summed E-state index contributed by atoms with van der Waals surface area (Å²) in [5.74, 6) is 0.626. The Morgan fingerprint density at radius 1 is 1.21 bits per heavy atom. The first-order valence-corrected chi connectivity index (χ1v) is 11.4. The number of aryl methyl sites for hydroxylation is 1. The molecule has 0 radical (unpaired) electrons. The lowest BCUT2D eigenvalue weighted by Gasteiger charge is -2.45. The molecule has 1 aromatic carbocycles. The van der Waals surface area contributed by atoms with Crippen LogP contribution in [0, 0.1) is 5.92 Å². The van der Waals surface area contributed by atoms with Gasteiger partial charge < -0.3 is 10.1 Å². The Balaban J connectivity index is 1.53. The SMILES string of the molecule is CNCCCc1cccc(C2(C(=O)OC3CN4CCC3CC4)CCCCC2)c1. The van der Waals surface area contributed by atoms with Gasteiger partial charge in [-0.3, -0.25) is 9.69 Å². The van der Waals surface area contributed by atoms with Gasteiger partial charge in [-0.1, -0.05) is 43.5 Å². The number of hydrogen-bond donors (Lipinski definition) is 1. The summed E-state index contributed by atoms with van der Waals surface area (Å²) in [6, 6.07) is 8.81. The fraction of sp³-hybridized carbons (Fsp3) is 0.708. The molecule has 4 fully saturated rings. The third-order valence-corrected chi connectivity index (χ3v) is 7.32. The number of nitrogens with one attached hydrogen (secondary N) is 1. The van der Waals surface area contributed by atoms with Crippen LogP contribution in [0.25, 0.3) is 0 Å². The summed E-state index contributed by atoms with van der Waals surface area (Å²) in [6.07, 6.45) is 10.0. The maximum absolute atomic E-state index is 13.6. The number of hydrogen-bond acceptors (Lipinski definition) is 4. The van der Waals surface area contributed by atoms with Crippen molar-refractivity contribution in [2.45, 2.75) is 69.3 Å². The highest BCUT2D eigenvalue weighted by Crippen LogP contribution is 2.42. The van der Waals surface area contributed by atoms with Crippen LogP contribution >= 0.6 is 0 Å². The van der Waals surface area contributed by atoms with Gasteiger partial charge in [0, 0.05) is 6.54 Å². The molecular formula is C24H36N2O2. The third kappa shape index (κ3) is 4.13. The molecule has 5 rings (SSSR count). The van der Waals surface area contributed by atoms with Gasteiger partial charge in [0.2, 0.25) is 0 Å². The molecule has 1 aromatic rings. The zero-order valence-electron chi connectivity index (χ0n) is 17.4. The Kier molecular flexibility index (Phi) is 6.37. The fourth-order valence-electron chi connectivity index (χ4n) is 5.55. The lowest BCUT2D eigenvalue weighted by molar-refractivity contribution is -0.167. The van der Waals surface area contributed by atoms with Gasteiger partial charge in [-0.15, -0.1) is 0 Å². The topological polar surface area (TPSA) is 41.6 Å². The van der Waals surface area contributed by atoms with E-state index in [1.807, 2.05) is 7.05 Å². The first kappa shape index (κ1) is 19.9. The van der Waals surface area contributed by atoms with Gasteiger partial charge in [-0.05, 0) is 82.3 Å². The minimum atomic E-state index is -0.427. The molecule has 4 aliphatic rings. The Bertz CT molecular complexity index is 660. The molecule has 1 atom stereocenters. The smallest absolute Gasteiger partial charge is 0.316 e. The molecule has 1 aliphatic carbocycles. The maximum atomic E-state index is 13.6. The summed E-state index contributed by atoms with van der Waals surface area (Å²) in [4.78, 5) is 16.1. The molecule has 3 aliphatic heterocycles. The van der Waals surface area contributed by atoms with Crippen LogP contribution in [-0.2, 0) is 21.4 Å². The van der Waals surface area contributed by atoms with Crippen molar-refractivity contribution in [1.82, 2.24) is 10.2 Å². The molecular weight excluding hydrogens is 348 g/mol. The predicted molar refractivity (Wildman–Crippen MR) is 112 cm³/mol. The van der Waals surface area contributed by atoms with E-state index in [0.29, 0.717) is 5.92 Å². The van der Waals surface area contributed by atoms with E-state index in [1.54, 1.807) is 0 Å². The predicted octanol–water partition coefficient (Wildman–Crippen LogP) is 3.68. The summed E-state index contributed by atoms with van der Waals surface area (Å²) in [5.41, 5.74) is 2.11. The molecule has 4 nitrogen and oxygen atoms in total. The van der Waals surface area contributed by atoms with Crippen LogP contribution in [0.3, 0.4) is 0 Å². The van der Waals surface area contributed by atoms with Crippen LogP contribution < -0.4 is 5.32 Å². The van der Waals surface area contributed by atoms with Crippen LogP contribution in [0.5, 0.6) is 0 Å². The third-order valence-electron chi connectivity index (χ3n) is 7.32. The molecule has 28 heavy (non-hydrogen) atoms. The van der Waals surface area contributed by atoms with Gasteiger partial charge in [0.15, 0.2) is 0 Å². The van der Waals surface area contributed by atoms with Gasteiger partial charge in [-0.25, -0.2) is 0 Å². The highest BCUT2D eigenvalue weighted by molar-refractivity contribution is 5.83. The maximum Gasteiger partial charge on any atom is 0.316 e. The Morgan fingerprint density at radius 2 is 2.00 bits per heavy atom. The minimum absolute atomic E-state index is 0.0540. The summed E-state index contributed by atoms with van der Waals surface area (Å²) < 4.78 is 6.27. The number of piperidine rings is 3. The number of ether oxygens (including phenoxy) is 1. The Hall–Kier alpha value is -1.39. The highest BCUT2D eigenvalue weighted by atomic mass is 16.5. The van der Waals surface area contributed by atoms with E-state index in [0.717, 1.165) is 51.6 Å². The minimum Gasteiger partial charge on any atom is -0.460 e. The van der Waals surface area contributed by atoms with Crippen molar-refractivity contribution < 1.29 is 9.53 Å². The van der Waals surface area contributed by atoms with Gasteiger partial charge >= 0.3 is 5.97 Å². The van der Waals surface area contributed by atoms with E-state index in [4.69, 9.17) is 4.74 Å². The number of carbonyl (C=O) groups excluding carboxylic acids is 1. The lowest BCUT2D eigenvalue weighted by Crippen LogP contribution is -2.53. The first-order valence-electron chi connectivity index (χ1n) is 11.4. The van der Waals surface area contributed by atoms with Crippen molar-refractivity contribution in [3.05, 3.63) is 35.4 Å². The number of nitrogens with zero attached hydrogens (tertiary/aromatic N) is 1. The van der Waals surface area contributed by atoms with Crippen molar-refractivity contribution in [2.24, 2.45) is 5.92 Å². The molecule has 1 N–H and O–H groups in total. The van der Waals surface area contributed by atoms with Gasteiger partial charge in [-0.2, -0.15) is 0 Å². The second kappa shape index (κ2) is 8.96. The van der Waals surface area contributed by atoms with Crippen LogP contribution in [0.2, 0.25) is 0 Å². The molecule has 1 unspecified atom stereocenters. The normalized spacial score (nSPS) is 28.8. The molecule has 154 valence electrons. The monoisotopic (exact) mass is 384 g/mol. The van der Waals surface area contributed by atoms with E-state index >= 15 is 0 Å². The average Bonchev–Trinajstić information content (AvgIpc) is 2.75. The number of carbonyl (C=O) groups is 1. The molecule has 0 spiro atoms. The van der Waals surface area contributed by atoms with E-state index in [2.05, 4.69) is 34.5 Å². The van der Waals surface area contributed by atoms with E-state index < -0.39 is 5.41 Å². The molecule has 3 heterocycles. The van der Waals surface area contributed by atoms with E-state index in [-0.39, 0.29) is 12.1 Å². The summed E-state index contributed by atoms with van der Waals surface area (Å²) in [7, 11) is 2.00. The molecule has 2 bridgehead atoms. The first-order chi connectivity index (χ1) is 13.7. The number of benzene rings is 1. The zero-order chi connectivity index (χ0) is 19.4. The number of esters is 1. The summed E-state index contributed by atoms with van der Waals surface area (Å²) in [5, 5.41) is 3.22. The van der Waals surface area contributed by atoms with Crippen LogP contribution in [-0.4, -0.2) is 50.2 Å². The van der Waals surface area contributed by atoms with Crippen molar-refractivity contribution in [1.29, 1.82) is 0 Å². The molecule has 1 saturated carbocycles. The lowest BCUT2D eigenvalue weighted by atomic mass is 9.69. The van der Waals surface area contributed by atoms with Gasteiger partial charge in [0.05, 0.1) is 5.41 Å². The van der Waals surface area contributed by atoms with E-state index in [1.165, 1.54) is 43.5 Å².